The fourth-order valence-electron chi connectivity index (χ4n) is 11.5. The number of hydrogen-bond donors (Lipinski definition) is 9. The zero-order chi connectivity index (χ0) is 83.7. The fraction of sp³-hybridized carbons (Fsp3) is 0.532. The van der Waals surface area contributed by atoms with Gasteiger partial charge in [0.15, 0.2) is 23.1 Å². The Kier molecular flexibility index (Phi) is 45.0. The van der Waals surface area contributed by atoms with Crippen LogP contribution in [0.1, 0.15) is 154 Å². The number of nitro benzene ring substituents is 1. The van der Waals surface area contributed by atoms with Gasteiger partial charge in [0.1, 0.15) is 25.6 Å². The van der Waals surface area contributed by atoms with Gasteiger partial charge in [-0.2, -0.15) is 0 Å². The molecule has 114 heavy (non-hydrogen) atoms. The molecule has 0 spiro atoms. The highest BCUT2D eigenvalue weighted by molar-refractivity contribution is 6.13. The average molecular weight is 1600 g/mol. The third-order valence-corrected chi connectivity index (χ3v) is 17.8. The predicted molar refractivity (Wildman–Crippen MR) is 414 cm³/mol. The Bertz CT molecular complexity index is 3700. The van der Waals surface area contributed by atoms with Crippen LogP contribution >= 0.6 is 0 Å². The summed E-state index contributed by atoms with van der Waals surface area (Å²) in [6, 6.07) is 15.0. The van der Waals surface area contributed by atoms with Crippen LogP contribution in [0.25, 0.3) is 0 Å². The summed E-state index contributed by atoms with van der Waals surface area (Å²) in [7, 11) is 0. The molecule has 4 atom stereocenters. The minimum atomic E-state index is -1.02. The molecule has 2 aliphatic heterocycles. The van der Waals surface area contributed by atoms with Crippen molar-refractivity contribution in [1.82, 2.24) is 31.1 Å². The Labute approximate surface area is 661 Å². The number of urea groups is 2. The number of aliphatic hydroxyl groups excluding tert-OH is 1. The maximum absolute atomic E-state index is 13.6. The number of anilines is 2. The molecule has 5 rings (SSSR count). The largest absolute Gasteiger partial charge is 0.514 e. The number of amides is 12. The van der Waals surface area contributed by atoms with Gasteiger partial charge in [-0.3, -0.25) is 77.4 Å². The van der Waals surface area contributed by atoms with E-state index >= 15 is 0 Å². The quantitative estimate of drug-likeness (QED) is 0.00733. The van der Waals surface area contributed by atoms with Gasteiger partial charge in [-0.25, -0.2) is 14.4 Å². The van der Waals surface area contributed by atoms with E-state index in [9.17, 15) is 87.1 Å². The van der Waals surface area contributed by atoms with Gasteiger partial charge in [0.2, 0.25) is 23.6 Å². The summed E-state index contributed by atoms with van der Waals surface area (Å²) < 4.78 is 31.5. The number of unbranched alkanes of at least 4 members (excludes halogenated alkanes) is 6. The minimum absolute atomic E-state index is 0.0338. The van der Waals surface area contributed by atoms with Crippen LogP contribution in [0.4, 0.5) is 31.4 Å². The highest BCUT2D eigenvalue weighted by atomic mass is 16.7. The molecule has 0 saturated carbocycles. The fourth-order valence-corrected chi connectivity index (χ4v) is 11.5. The van der Waals surface area contributed by atoms with Crippen LogP contribution in [0.2, 0.25) is 0 Å². The summed E-state index contributed by atoms with van der Waals surface area (Å²) in [6.45, 7) is 8.78. The molecular formula is C79H109N11O24. The highest BCUT2D eigenvalue weighted by Crippen LogP contribution is 2.24. The van der Waals surface area contributed by atoms with Crippen molar-refractivity contribution in [2.24, 2.45) is 35.1 Å². The van der Waals surface area contributed by atoms with Crippen molar-refractivity contribution in [3.8, 4) is 5.75 Å². The number of ketones is 4. The number of primary amides is 2. The Morgan fingerprint density at radius 1 is 0.482 bits per heavy atom. The van der Waals surface area contributed by atoms with E-state index in [4.69, 9.17) is 39.9 Å². The summed E-state index contributed by atoms with van der Waals surface area (Å²) in [4.78, 5) is 196. The molecule has 0 aliphatic carbocycles. The van der Waals surface area contributed by atoms with Gasteiger partial charge < -0.3 is 76.9 Å². The zero-order valence-corrected chi connectivity index (χ0v) is 65.2. The van der Waals surface area contributed by atoms with Crippen molar-refractivity contribution >= 4 is 106 Å². The number of Topliss-reactive ketones (excluding diaryl/α,β-unsaturated/α-hetero) is 4. The van der Waals surface area contributed by atoms with E-state index in [1.807, 2.05) is 13.8 Å². The van der Waals surface area contributed by atoms with Crippen LogP contribution in [-0.4, -0.2) is 200 Å². The lowest BCUT2D eigenvalue weighted by Crippen LogP contribution is -2.45. The van der Waals surface area contributed by atoms with Crippen LogP contribution in [0.15, 0.2) is 97.1 Å². The number of carbonyl (C=O) groups excluding carboxylic acids is 15. The van der Waals surface area contributed by atoms with Crippen LogP contribution in [-0.2, 0) is 94.4 Å². The number of non-ortho nitro benzene ring substituents is 1. The maximum Gasteiger partial charge on any atom is 0.514 e. The molecule has 2 aliphatic rings. The molecule has 12 amide bonds. The lowest BCUT2D eigenvalue weighted by Gasteiger charge is -2.24. The number of aliphatic hydroxyl groups is 1. The summed E-state index contributed by atoms with van der Waals surface area (Å²) in [5.41, 5.74) is 12.3. The van der Waals surface area contributed by atoms with Crippen molar-refractivity contribution < 1.29 is 110 Å². The standard InChI is InChI=1S/C43H56N6O14.C36H53N5O10/c1-29(2)40(47-37(52)10-6-4-3-5-9-34(50)28-61-25-24-60-23-22-48-38(53)19-20-39(48)54)36(51)26-31(8-7-21-45-42(44)56)41(55)46-32-13-11-30(12-14-32)27-62-43(57)63-35-17-15-33(16-18-35)49(58)59;1-25(2)34(30(44)22-27(8-7-17-38-36(37)49)35(48)39-28-13-11-26(23-42)12-14-28)40-31(45)10-6-4-3-5-9-29(43)24-51-21-20-50-19-18-41-32(46)15-16-33(41)47/h11-20,29,31,40H,3-10,21-28H2,1-2H3,(H,46,55)(H,47,52)(H3,44,45,56);11-16,25,27,34,42H,3-10,17-24H2,1-2H3,(H,39,48)(H,40,45)(H3,37,38,49)/t31-,40+;27-,34+/m11/s1. The molecule has 0 bridgehead atoms. The first-order valence-electron chi connectivity index (χ1n) is 38.2. The number of hydrogen-bond acceptors (Lipinski definition) is 24. The number of rotatable bonds is 57. The molecule has 35 nitrogen and oxygen atoms in total. The van der Waals surface area contributed by atoms with Crippen molar-refractivity contribution in [3.63, 3.8) is 0 Å². The lowest BCUT2D eigenvalue weighted by atomic mass is 9.89. The third-order valence-electron chi connectivity index (χ3n) is 17.8. The van der Waals surface area contributed by atoms with E-state index in [2.05, 4.69) is 31.9 Å². The minimum Gasteiger partial charge on any atom is -0.429 e. The van der Waals surface area contributed by atoms with Crippen molar-refractivity contribution in [3.05, 3.63) is 118 Å². The van der Waals surface area contributed by atoms with Gasteiger partial charge in [-0.05, 0) is 111 Å². The molecule has 0 radical (unpaired) electrons. The molecular weight excluding hydrogens is 1490 g/mol. The number of nitrogens with one attached hydrogen (secondary N) is 6. The molecule has 0 aromatic heterocycles. The smallest absolute Gasteiger partial charge is 0.429 e. The summed E-state index contributed by atoms with van der Waals surface area (Å²) >= 11 is 0. The number of carbonyl (C=O) groups is 15. The number of benzene rings is 3. The van der Waals surface area contributed by atoms with E-state index in [1.54, 1.807) is 62.4 Å². The third kappa shape index (κ3) is 39.4. The normalized spacial score (nSPS) is 13.3. The van der Waals surface area contributed by atoms with Gasteiger partial charge >= 0.3 is 18.2 Å². The number of nitrogens with two attached hydrogens (primary N) is 2. The van der Waals surface area contributed by atoms with E-state index in [-0.39, 0.29) is 212 Å². The SMILES string of the molecule is CC(C)[C@H](NC(=O)CCCCCCC(=O)COCCOCCN1C(=O)C=CC1=O)C(=O)C[C@@H](CCCNC(N)=O)C(=O)Nc1ccc(CO)cc1.CC(C)[C@H](NC(=O)CCCCCCC(=O)COCCOCCN1C(=O)C=CC1=O)C(=O)C[C@@H](CCCNC(N)=O)C(=O)Nc1ccc(COC(=O)Oc2ccc([N+](=O)[O-])cc2)cc1. The number of imide groups is 2. The molecule has 624 valence electrons. The van der Waals surface area contributed by atoms with Crippen molar-refractivity contribution in [2.45, 2.75) is 169 Å². The summed E-state index contributed by atoms with van der Waals surface area (Å²) in [5.74, 6) is -5.51. The molecule has 3 aromatic rings. The van der Waals surface area contributed by atoms with E-state index in [1.165, 1.54) is 48.6 Å². The molecule has 2 heterocycles. The van der Waals surface area contributed by atoms with Gasteiger partial charge in [0, 0.05) is 111 Å². The first kappa shape index (κ1) is 95.4. The number of ether oxygens (including phenoxy) is 6. The van der Waals surface area contributed by atoms with Gasteiger partial charge in [-0.15, -0.1) is 0 Å². The summed E-state index contributed by atoms with van der Waals surface area (Å²) in [5, 5.41) is 36.3. The average Bonchev–Trinajstić information content (AvgIpc) is 1.47. The Morgan fingerprint density at radius 2 is 0.860 bits per heavy atom. The van der Waals surface area contributed by atoms with Crippen molar-refractivity contribution in [2.75, 3.05) is 89.7 Å². The van der Waals surface area contributed by atoms with E-state index < -0.39 is 53.0 Å². The number of nitrogens with zero attached hydrogens (tertiary/aromatic N) is 3. The first-order chi connectivity index (χ1) is 54.5. The number of nitro groups is 1. The molecule has 3 aromatic carbocycles. The van der Waals surface area contributed by atoms with Gasteiger partial charge in [0.25, 0.3) is 29.3 Å². The first-order valence-corrected chi connectivity index (χ1v) is 38.2. The Hall–Kier alpha value is -11.0. The van der Waals surface area contributed by atoms with Crippen LogP contribution in [0.5, 0.6) is 5.75 Å². The Morgan fingerprint density at radius 3 is 1.23 bits per heavy atom. The molecule has 0 fully saturated rings. The van der Waals surface area contributed by atoms with Crippen LogP contribution in [0, 0.1) is 33.8 Å². The van der Waals surface area contributed by atoms with E-state index in [0.29, 0.717) is 86.7 Å². The monoisotopic (exact) mass is 1600 g/mol. The zero-order valence-electron chi connectivity index (χ0n) is 65.2. The highest BCUT2D eigenvalue weighted by Gasteiger charge is 2.32. The topological polar surface area (TPSA) is 505 Å². The predicted octanol–water partition coefficient (Wildman–Crippen LogP) is 6.43. The van der Waals surface area contributed by atoms with Gasteiger partial charge in [0.05, 0.1) is 76.3 Å². The maximum atomic E-state index is 13.6. The second-order valence-electron chi connectivity index (χ2n) is 27.7. The van der Waals surface area contributed by atoms with Crippen LogP contribution < -0.4 is 48.1 Å². The lowest BCUT2D eigenvalue weighted by molar-refractivity contribution is -0.384. The molecule has 0 unspecified atom stereocenters. The van der Waals surface area contributed by atoms with Crippen molar-refractivity contribution in [1.29, 1.82) is 0 Å². The Balaban J connectivity index is 0.000000491. The second kappa shape index (κ2) is 53.8. The van der Waals surface area contributed by atoms with Crippen LogP contribution in [0.3, 0.4) is 0 Å². The van der Waals surface area contributed by atoms with E-state index in [0.717, 1.165) is 29.1 Å². The molecule has 0 saturated heterocycles. The molecule has 35 heteroatoms. The second-order valence-corrected chi connectivity index (χ2v) is 27.7. The molecule has 11 N–H and O–H groups in total. The van der Waals surface area contributed by atoms with Gasteiger partial charge in [-0.1, -0.05) is 77.6 Å². The summed E-state index contributed by atoms with van der Waals surface area (Å²) in [6.07, 6.45) is 11.2.